The van der Waals surface area contributed by atoms with Gasteiger partial charge in [-0.05, 0) is 54.5 Å². The van der Waals surface area contributed by atoms with Gasteiger partial charge in [-0.25, -0.2) is 4.79 Å². The van der Waals surface area contributed by atoms with Gasteiger partial charge in [0.2, 0.25) is 0 Å². The minimum Gasteiger partial charge on any atom is -0.472 e. The van der Waals surface area contributed by atoms with Crippen molar-refractivity contribution >= 4 is 24.0 Å². The van der Waals surface area contributed by atoms with E-state index in [9.17, 15) is 14.4 Å². The number of hydrogen-bond donors (Lipinski definition) is 0. The molecule has 4 fully saturated rings. The topological polar surface area (TPSA) is 110 Å². The number of benzene rings is 1. The molecule has 3 heterocycles. The monoisotopic (exact) mass is 658 g/mol. The van der Waals surface area contributed by atoms with Crippen LogP contribution < -0.4 is 0 Å². The second-order valence-corrected chi connectivity index (χ2v) is 15.1. The van der Waals surface area contributed by atoms with Crippen LogP contribution in [0.2, 0.25) is 0 Å². The van der Waals surface area contributed by atoms with Crippen LogP contribution in [-0.4, -0.2) is 61.6 Å². The summed E-state index contributed by atoms with van der Waals surface area (Å²) in [5.74, 6) is -1.56. The van der Waals surface area contributed by atoms with Crippen molar-refractivity contribution in [1.29, 1.82) is 0 Å². The number of carbonyl (C=O) groups is 3. The first-order valence-electron chi connectivity index (χ1n) is 17.1. The average molecular weight is 659 g/mol. The molecule has 2 aromatic rings. The van der Waals surface area contributed by atoms with E-state index in [1.54, 1.807) is 18.6 Å². The molecule has 9 heteroatoms. The van der Waals surface area contributed by atoms with Crippen molar-refractivity contribution in [1.82, 2.24) is 0 Å². The van der Waals surface area contributed by atoms with Gasteiger partial charge in [0.15, 0.2) is 0 Å². The molecule has 11 unspecified atom stereocenters. The molecule has 1 aromatic heterocycles. The van der Waals surface area contributed by atoms with E-state index in [2.05, 4.69) is 27.7 Å². The highest BCUT2D eigenvalue weighted by molar-refractivity contribution is 5.87. The van der Waals surface area contributed by atoms with Crippen molar-refractivity contribution in [3.63, 3.8) is 0 Å². The van der Waals surface area contributed by atoms with Crippen LogP contribution in [0.1, 0.15) is 77.8 Å². The maximum atomic E-state index is 13.9. The van der Waals surface area contributed by atoms with Crippen molar-refractivity contribution in [2.75, 3.05) is 13.2 Å². The largest absolute Gasteiger partial charge is 0.472 e. The first-order valence-corrected chi connectivity index (χ1v) is 17.1. The zero-order valence-electron chi connectivity index (χ0n) is 28.6. The number of furan rings is 1. The first-order chi connectivity index (χ1) is 22.9. The molecule has 0 N–H and O–H groups in total. The van der Waals surface area contributed by atoms with Gasteiger partial charge in [0.05, 0.1) is 31.3 Å². The molecule has 9 nitrogen and oxygen atoms in total. The smallest absolute Gasteiger partial charge is 0.331 e. The standard InChI is InChI=1S/C39H46O9/c1-22-27(26-14-16-43-20-26)18-28-33(22)39(6)29(15-17-44-28)38(5)31(47-24(3)41)19-30(46-23(2)40)37(4)21-45-34(35(37)38)36(39)48-32(42)13-12-25-10-8-7-9-11-25/h7-14,16,20,27-31,34-36H,15,17-19,21H2,1-6H3. The number of fused-ring (bicyclic) bond motifs is 4. The number of rotatable bonds is 6. The quantitative estimate of drug-likeness (QED) is 0.150. The predicted octanol–water partition coefficient (Wildman–Crippen LogP) is 6.43. The predicted molar refractivity (Wildman–Crippen MR) is 175 cm³/mol. The lowest BCUT2D eigenvalue weighted by Crippen LogP contribution is -2.72. The number of allylic oxidation sites excluding steroid dienone is 1. The number of ether oxygens (including phenoxy) is 5. The van der Waals surface area contributed by atoms with Gasteiger partial charge in [0.1, 0.15) is 18.3 Å². The van der Waals surface area contributed by atoms with Crippen molar-refractivity contribution in [2.45, 2.75) is 97.2 Å². The van der Waals surface area contributed by atoms with Crippen molar-refractivity contribution in [3.05, 3.63) is 77.3 Å². The molecule has 0 spiro atoms. The Morgan fingerprint density at radius 2 is 1.65 bits per heavy atom. The molecule has 0 bridgehead atoms. The van der Waals surface area contributed by atoms with E-state index in [0.717, 1.165) is 23.1 Å². The highest BCUT2D eigenvalue weighted by Crippen LogP contribution is 2.72. The zero-order chi connectivity index (χ0) is 34.0. The van der Waals surface area contributed by atoms with Crippen molar-refractivity contribution in [2.24, 2.45) is 28.1 Å². The molecule has 3 aliphatic carbocycles. The summed E-state index contributed by atoms with van der Waals surface area (Å²) in [6, 6.07) is 11.6. The van der Waals surface area contributed by atoms with Crippen LogP contribution in [-0.2, 0) is 38.1 Å². The molecule has 5 aliphatic rings. The number of carbonyl (C=O) groups excluding carboxylic acids is 3. The summed E-state index contributed by atoms with van der Waals surface area (Å²) in [6.07, 6.45) is 5.95. The summed E-state index contributed by atoms with van der Waals surface area (Å²) in [7, 11) is 0. The molecule has 2 aliphatic heterocycles. The fraction of sp³-hybridized carbons (Fsp3) is 0.564. The summed E-state index contributed by atoms with van der Waals surface area (Å²) in [6.45, 7) is 12.3. The summed E-state index contributed by atoms with van der Waals surface area (Å²) >= 11 is 0. The first kappa shape index (κ1) is 32.8. The lowest BCUT2D eigenvalue weighted by atomic mass is 9.39. The van der Waals surface area contributed by atoms with Crippen LogP contribution in [0.25, 0.3) is 6.08 Å². The highest BCUT2D eigenvalue weighted by atomic mass is 16.6. The molecular formula is C39H46O9. The second-order valence-electron chi connectivity index (χ2n) is 15.1. The summed E-state index contributed by atoms with van der Waals surface area (Å²) < 4.78 is 37.9. The molecule has 0 radical (unpaired) electrons. The van der Waals surface area contributed by atoms with E-state index in [4.69, 9.17) is 28.1 Å². The van der Waals surface area contributed by atoms with Gasteiger partial charge in [-0.3, -0.25) is 9.59 Å². The molecule has 256 valence electrons. The summed E-state index contributed by atoms with van der Waals surface area (Å²) in [5.41, 5.74) is 2.29. The van der Waals surface area contributed by atoms with E-state index in [-0.39, 0.29) is 29.8 Å². The Kier molecular flexibility index (Phi) is 8.22. The maximum Gasteiger partial charge on any atom is 0.331 e. The van der Waals surface area contributed by atoms with Crippen LogP contribution >= 0.6 is 0 Å². The Bertz CT molecular complexity index is 1630. The van der Waals surface area contributed by atoms with Crippen LogP contribution in [0.3, 0.4) is 0 Å². The van der Waals surface area contributed by atoms with E-state index < -0.39 is 52.6 Å². The Labute approximate surface area is 282 Å². The maximum absolute atomic E-state index is 13.9. The fourth-order valence-electron chi connectivity index (χ4n) is 10.9. The Hall–Kier alpha value is -3.69. The molecule has 7 rings (SSSR count). The fourth-order valence-corrected chi connectivity index (χ4v) is 10.9. The van der Waals surface area contributed by atoms with E-state index in [1.807, 2.05) is 36.4 Å². The van der Waals surface area contributed by atoms with Gasteiger partial charge in [0, 0.05) is 61.0 Å². The second kappa shape index (κ2) is 12.0. The van der Waals surface area contributed by atoms with E-state index in [1.165, 1.54) is 25.5 Å². The van der Waals surface area contributed by atoms with E-state index in [0.29, 0.717) is 26.1 Å². The molecule has 11 atom stereocenters. The third-order valence-electron chi connectivity index (χ3n) is 12.6. The molecule has 1 aromatic carbocycles. The minimum absolute atomic E-state index is 0.0814. The van der Waals surface area contributed by atoms with Crippen molar-refractivity contribution in [3.8, 4) is 0 Å². The molecule has 2 saturated heterocycles. The number of esters is 3. The SMILES string of the molecule is CC(=O)OC1CC(OC(C)=O)C2(C)C3C(OCC13C)C(OC(=O)C=Cc1ccccc1)C1(C)C3=C(C)C(c4ccoc4)CC3OCCC12. The molecule has 2 saturated carbocycles. The zero-order valence-corrected chi connectivity index (χ0v) is 28.6. The number of hydrogen-bond acceptors (Lipinski definition) is 9. The molecule has 48 heavy (non-hydrogen) atoms. The van der Waals surface area contributed by atoms with Gasteiger partial charge >= 0.3 is 17.9 Å². The van der Waals surface area contributed by atoms with Gasteiger partial charge in [0.25, 0.3) is 0 Å². The molecule has 0 amide bonds. The lowest BCUT2D eigenvalue weighted by molar-refractivity contribution is -0.257. The van der Waals surface area contributed by atoms with Crippen LogP contribution in [0, 0.1) is 28.1 Å². The van der Waals surface area contributed by atoms with E-state index >= 15 is 0 Å². The Morgan fingerprint density at radius 3 is 2.33 bits per heavy atom. The lowest BCUT2D eigenvalue weighted by Gasteiger charge is -2.66. The Balaban J connectivity index is 1.40. The summed E-state index contributed by atoms with van der Waals surface area (Å²) in [5, 5.41) is 0. The Morgan fingerprint density at radius 1 is 0.917 bits per heavy atom. The molecular weight excluding hydrogens is 612 g/mol. The van der Waals surface area contributed by atoms with Crippen LogP contribution in [0.5, 0.6) is 0 Å². The third kappa shape index (κ3) is 4.99. The van der Waals surface area contributed by atoms with Crippen molar-refractivity contribution < 1.29 is 42.5 Å². The average Bonchev–Trinajstić information content (AvgIpc) is 3.75. The minimum atomic E-state index is -0.742. The van der Waals surface area contributed by atoms with Crippen LogP contribution in [0.15, 0.2) is 70.6 Å². The van der Waals surface area contributed by atoms with Gasteiger partial charge in [-0.2, -0.15) is 0 Å². The highest BCUT2D eigenvalue weighted by Gasteiger charge is 2.77. The third-order valence-corrected chi connectivity index (χ3v) is 12.6. The normalized spacial score (nSPS) is 40.0. The van der Waals surface area contributed by atoms with Gasteiger partial charge in [-0.1, -0.05) is 56.7 Å². The van der Waals surface area contributed by atoms with Crippen LogP contribution in [0.4, 0.5) is 0 Å². The van der Waals surface area contributed by atoms with Gasteiger partial charge < -0.3 is 28.1 Å². The van der Waals surface area contributed by atoms with Gasteiger partial charge in [-0.15, -0.1) is 0 Å². The summed E-state index contributed by atoms with van der Waals surface area (Å²) in [4.78, 5) is 39.0.